The standard InChI is InChI=1S/C17H29BO2/c1-9-10-11-14(12-13-15(2,3)4)18-19-16(5,6)17(7,8)20-18/h9-13H,1-8H3/b10-9+,13-12-,14-11+. The highest BCUT2D eigenvalue weighted by molar-refractivity contribution is 6.55. The van der Waals surface area contributed by atoms with Gasteiger partial charge in [0.15, 0.2) is 0 Å². The zero-order chi connectivity index (χ0) is 15.6. The van der Waals surface area contributed by atoms with E-state index in [1.54, 1.807) is 0 Å². The minimum atomic E-state index is -0.310. The first-order chi connectivity index (χ1) is 8.98. The zero-order valence-electron chi connectivity index (χ0n) is 14.3. The molecule has 1 heterocycles. The first-order valence-corrected chi connectivity index (χ1v) is 7.36. The average Bonchev–Trinajstić information content (AvgIpc) is 2.46. The maximum Gasteiger partial charge on any atom is 0.494 e. The quantitative estimate of drug-likeness (QED) is 0.548. The van der Waals surface area contributed by atoms with Crippen LogP contribution in [0.3, 0.4) is 0 Å². The van der Waals surface area contributed by atoms with Gasteiger partial charge in [0.05, 0.1) is 11.2 Å². The summed E-state index contributed by atoms with van der Waals surface area (Å²) >= 11 is 0. The van der Waals surface area contributed by atoms with Crippen LogP contribution in [-0.4, -0.2) is 18.3 Å². The molecule has 0 aliphatic carbocycles. The van der Waals surface area contributed by atoms with E-state index in [1.807, 2.05) is 19.1 Å². The summed E-state index contributed by atoms with van der Waals surface area (Å²) in [6, 6.07) is 0. The Bertz CT molecular complexity index is 407. The number of allylic oxidation sites excluding steroid dienone is 6. The van der Waals surface area contributed by atoms with Crippen molar-refractivity contribution in [2.24, 2.45) is 5.41 Å². The molecule has 1 fully saturated rings. The van der Waals surface area contributed by atoms with E-state index >= 15 is 0 Å². The van der Waals surface area contributed by atoms with Crippen LogP contribution in [0.5, 0.6) is 0 Å². The Morgan fingerprint density at radius 1 is 1.00 bits per heavy atom. The van der Waals surface area contributed by atoms with Crippen molar-refractivity contribution in [3.05, 3.63) is 35.9 Å². The molecule has 0 N–H and O–H groups in total. The largest absolute Gasteiger partial charge is 0.494 e. The highest BCUT2D eigenvalue weighted by Gasteiger charge is 2.51. The summed E-state index contributed by atoms with van der Waals surface area (Å²) < 4.78 is 12.2. The van der Waals surface area contributed by atoms with Gasteiger partial charge in [0, 0.05) is 0 Å². The molecule has 0 saturated carbocycles. The van der Waals surface area contributed by atoms with E-state index in [4.69, 9.17) is 9.31 Å². The fourth-order valence-corrected chi connectivity index (χ4v) is 1.75. The first kappa shape index (κ1) is 17.3. The third kappa shape index (κ3) is 4.36. The van der Waals surface area contributed by atoms with Gasteiger partial charge in [-0.2, -0.15) is 0 Å². The summed E-state index contributed by atoms with van der Waals surface area (Å²) in [5.41, 5.74) is 0.583. The van der Waals surface area contributed by atoms with Crippen LogP contribution in [0.1, 0.15) is 55.4 Å². The molecule has 1 saturated heterocycles. The van der Waals surface area contributed by atoms with Crippen LogP contribution in [0.25, 0.3) is 0 Å². The summed E-state index contributed by atoms with van der Waals surface area (Å²) in [4.78, 5) is 0. The summed E-state index contributed by atoms with van der Waals surface area (Å²) in [6.07, 6.45) is 10.4. The molecular weight excluding hydrogens is 247 g/mol. The molecule has 20 heavy (non-hydrogen) atoms. The Morgan fingerprint density at radius 3 is 1.90 bits per heavy atom. The van der Waals surface area contributed by atoms with Crippen molar-refractivity contribution >= 4 is 7.12 Å². The van der Waals surface area contributed by atoms with Crippen LogP contribution in [0.2, 0.25) is 0 Å². The predicted molar refractivity (Wildman–Crippen MR) is 87.6 cm³/mol. The van der Waals surface area contributed by atoms with Crippen LogP contribution < -0.4 is 0 Å². The SMILES string of the molecule is C/C=C/C=C(\C=C/C(C)(C)C)B1OC(C)(C)C(C)(C)O1. The minimum absolute atomic E-state index is 0.138. The first-order valence-electron chi connectivity index (χ1n) is 7.36. The number of hydrogen-bond donors (Lipinski definition) is 0. The Kier molecular flexibility index (Phi) is 5.10. The molecule has 0 spiro atoms. The second-order valence-corrected chi connectivity index (χ2v) is 7.48. The van der Waals surface area contributed by atoms with Crippen molar-refractivity contribution in [2.45, 2.75) is 66.6 Å². The van der Waals surface area contributed by atoms with Gasteiger partial charge in [0.1, 0.15) is 0 Å². The van der Waals surface area contributed by atoms with Crippen molar-refractivity contribution in [2.75, 3.05) is 0 Å². The zero-order valence-corrected chi connectivity index (χ0v) is 14.3. The van der Waals surface area contributed by atoms with Gasteiger partial charge in [0.2, 0.25) is 0 Å². The lowest BCUT2D eigenvalue weighted by Crippen LogP contribution is -2.41. The van der Waals surface area contributed by atoms with Crippen molar-refractivity contribution in [3.8, 4) is 0 Å². The normalized spacial score (nSPS) is 23.2. The van der Waals surface area contributed by atoms with Crippen LogP contribution in [0.4, 0.5) is 0 Å². The minimum Gasteiger partial charge on any atom is -0.399 e. The molecule has 0 atom stereocenters. The third-order valence-electron chi connectivity index (χ3n) is 3.78. The second kappa shape index (κ2) is 5.91. The number of hydrogen-bond acceptors (Lipinski definition) is 2. The molecule has 0 aromatic rings. The lowest BCUT2D eigenvalue weighted by molar-refractivity contribution is 0.00578. The second-order valence-electron chi connectivity index (χ2n) is 7.48. The lowest BCUT2D eigenvalue weighted by Gasteiger charge is -2.32. The Labute approximate surface area is 125 Å². The fourth-order valence-electron chi connectivity index (χ4n) is 1.75. The Morgan fingerprint density at radius 2 is 1.50 bits per heavy atom. The molecule has 0 amide bonds. The lowest BCUT2D eigenvalue weighted by atomic mass is 9.76. The van der Waals surface area contributed by atoms with Crippen molar-refractivity contribution in [1.82, 2.24) is 0 Å². The van der Waals surface area contributed by atoms with Crippen LogP contribution >= 0.6 is 0 Å². The van der Waals surface area contributed by atoms with Crippen molar-refractivity contribution in [1.29, 1.82) is 0 Å². The third-order valence-corrected chi connectivity index (χ3v) is 3.78. The van der Waals surface area contributed by atoms with E-state index in [0.717, 1.165) is 5.47 Å². The van der Waals surface area contributed by atoms with E-state index in [0.29, 0.717) is 0 Å². The van der Waals surface area contributed by atoms with Gasteiger partial charge >= 0.3 is 7.12 Å². The number of rotatable bonds is 3. The highest BCUT2D eigenvalue weighted by atomic mass is 16.7. The molecular formula is C17H29BO2. The van der Waals surface area contributed by atoms with Crippen LogP contribution in [-0.2, 0) is 9.31 Å². The van der Waals surface area contributed by atoms with Gasteiger partial charge in [-0.25, -0.2) is 0 Å². The van der Waals surface area contributed by atoms with E-state index < -0.39 is 0 Å². The van der Waals surface area contributed by atoms with E-state index in [-0.39, 0.29) is 23.7 Å². The van der Waals surface area contributed by atoms with Gasteiger partial charge in [0.25, 0.3) is 0 Å². The molecule has 0 bridgehead atoms. The summed E-state index contributed by atoms with van der Waals surface area (Å²) in [5, 5.41) is 0. The van der Waals surface area contributed by atoms with Gasteiger partial charge in [-0.05, 0) is 45.5 Å². The van der Waals surface area contributed by atoms with Crippen molar-refractivity contribution in [3.63, 3.8) is 0 Å². The molecule has 2 nitrogen and oxygen atoms in total. The van der Waals surface area contributed by atoms with Crippen LogP contribution in [0.15, 0.2) is 35.9 Å². The topological polar surface area (TPSA) is 18.5 Å². The predicted octanol–water partition coefficient (Wildman–Crippen LogP) is 4.72. The van der Waals surface area contributed by atoms with Gasteiger partial charge in [-0.1, -0.05) is 51.2 Å². The smallest absolute Gasteiger partial charge is 0.399 e. The summed E-state index contributed by atoms with van der Waals surface area (Å²) in [5.74, 6) is 0. The average molecular weight is 276 g/mol. The van der Waals surface area contributed by atoms with E-state index in [2.05, 4.69) is 66.7 Å². The highest BCUT2D eigenvalue weighted by Crippen LogP contribution is 2.38. The summed E-state index contributed by atoms with van der Waals surface area (Å²) in [6.45, 7) is 16.9. The van der Waals surface area contributed by atoms with Gasteiger partial charge in [-0.3, -0.25) is 0 Å². The van der Waals surface area contributed by atoms with E-state index in [9.17, 15) is 0 Å². The molecule has 1 rings (SSSR count). The molecule has 1 aliphatic rings. The van der Waals surface area contributed by atoms with Crippen molar-refractivity contribution < 1.29 is 9.31 Å². The molecule has 3 heteroatoms. The maximum absolute atomic E-state index is 6.11. The Hall–Kier alpha value is -0.795. The van der Waals surface area contributed by atoms with E-state index in [1.165, 1.54) is 0 Å². The van der Waals surface area contributed by atoms with Gasteiger partial charge < -0.3 is 9.31 Å². The van der Waals surface area contributed by atoms with Crippen LogP contribution in [0, 0.1) is 5.41 Å². The molecule has 0 radical (unpaired) electrons. The Balaban J connectivity index is 3.01. The fraction of sp³-hybridized carbons (Fsp3) is 0.647. The molecule has 0 aromatic heterocycles. The monoisotopic (exact) mass is 276 g/mol. The molecule has 0 aromatic carbocycles. The summed E-state index contributed by atoms with van der Waals surface area (Å²) in [7, 11) is -0.310. The molecule has 0 unspecified atom stereocenters. The molecule has 112 valence electrons. The van der Waals surface area contributed by atoms with Gasteiger partial charge in [-0.15, -0.1) is 0 Å². The maximum atomic E-state index is 6.11. The molecule has 1 aliphatic heterocycles.